The molecule has 140 valence electrons. The molecule has 0 aromatic heterocycles. The molecule has 2 aromatic carbocycles. The highest BCUT2D eigenvalue weighted by molar-refractivity contribution is 5.76. The van der Waals surface area contributed by atoms with Crippen molar-refractivity contribution in [3.8, 4) is 0 Å². The quantitative estimate of drug-likeness (QED) is 0.562. The van der Waals surface area contributed by atoms with Gasteiger partial charge in [0, 0.05) is 32.7 Å². The number of amides is 1. The molecule has 1 atom stereocenters. The van der Waals surface area contributed by atoms with Crippen LogP contribution >= 0.6 is 0 Å². The second-order valence-electron chi connectivity index (χ2n) is 7.13. The van der Waals surface area contributed by atoms with E-state index in [1.165, 1.54) is 16.8 Å². The lowest BCUT2D eigenvalue weighted by atomic mass is 10.0. The summed E-state index contributed by atoms with van der Waals surface area (Å²) in [6.45, 7) is 4.94. The van der Waals surface area contributed by atoms with Crippen molar-refractivity contribution in [1.82, 2.24) is 4.90 Å². The summed E-state index contributed by atoms with van der Waals surface area (Å²) in [5, 5.41) is 0. The van der Waals surface area contributed by atoms with E-state index in [4.69, 9.17) is 0 Å². The number of carbonyl (C=O) groups is 1. The van der Waals surface area contributed by atoms with E-state index in [-0.39, 0.29) is 11.9 Å². The van der Waals surface area contributed by atoms with Gasteiger partial charge in [-0.15, -0.1) is 0 Å². The summed E-state index contributed by atoms with van der Waals surface area (Å²) in [6.07, 6.45) is 3.83. The summed E-state index contributed by atoms with van der Waals surface area (Å²) in [5.41, 5.74) is 3.52. The van der Waals surface area contributed by atoms with Gasteiger partial charge in [-0.25, -0.2) is 0 Å². The van der Waals surface area contributed by atoms with Gasteiger partial charge in [-0.2, -0.15) is 0 Å². The third-order valence-electron chi connectivity index (χ3n) is 4.87. The van der Waals surface area contributed by atoms with Crippen molar-refractivity contribution < 1.29 is 4.79 Å². The van der Waals surface area contributed by atoms with Crippen LogP contribution in [0.2, 0.25) is 0 Å². The van der Waals surface area contributed by atoms with Crippen molar-refractivity contribution in [3.63, 3.8) is 0 Å². The maximum absolute atomic E-state index is 12.9. The Morgan fingerprint density at radius 2 is 1.62 bits per heavy atom. The van der Waals surface area contributed by atoms with Crippen LogP contribution < -0.4 is 4.90 Å². The van der Waals surface area contributed by atoms with Gasteiger partial charge in [0.15, 0.2) is 0 Å². The van der Waals surface area contributed by atoms with Gasteiger partial charge in [0.1, 0.15) is 0 Å². The van der Waals surface area contributed by atoms with Crippen LogP contribution in [-0.4, -0.2) is 24.9 Å². The van der Waals surface area contributed by atoms with Crippen molar-refractivity contribution in [1.29, 1.82) is 0 Å². The molecule has 0 radical (unpaired) electrons. The SMILES string of the molecule is CCCCCC(=O)N(Cc1ccc(N(C)C)cc1)C(C)c1ccccc1. The first-order valence-corrected chi connectivity index (χ1v) is 9.63. The number of unbranched alkanes of at least 4 members (excludes halogenated alkanes) is 2. The smallest absolute Gasteiger partial charge is 0.223 e. The van der Waals surface area contributed by atoms with Crippen LogP contribution in [0.15, 0.2) is 54.6 Å². The van der Waals surface area contributed by atoms with E-state index in [2.05, 4.69) is 55.1 Å². The largest absolute Gasteiger partial charge is 0.378 e. The number of rotatable bonds is 9. The maximum atomic E-state index is 12.9. The third kappa shape index (κ3) is 5.62. The highest BCUT2D eigenvalue weighted by Crippen LogP contribution is 2.24. The molecule has 0 heterocycles. The third-order valence-corrected chi connectivity index (χ3v) is 4.87. The summed E-state index contributed by atoms with van der Waals surface area (Å²) in [6, 6.07) is 18.8. The van der Waals surface area contributed by atoms with Gasteiger partial charge in [0.25, 0.3) is 0 Å². The second kappa shape index (κ2) is 10.0. The van der Waals surface area contributed by atoms with Crippen LogP contribution in [0, 0.1) is 0 Å². The summed E-state index contributed by atoms with van der Waals surface area (Å²) in [7, 11) is 4.08. The molecular weight excluding hydrogens is 320 g/mol. The minimum atomic E-state index is 0.0684. The topological polar surface area (TPSA) is 23.6 Å². The monoisotopic (exact) mass is 352 g/mol. The van der Waals surface area contributed by atoms with Gasteiger partial charge < -0.3 is 9.80 Å². The van der Waals surface area contributed by atoms with Crippen LogP contribution in [0.4, 0.5) is 5.69 Å². The molecule has 0 aliphatic heterocycles. The van der Waals surface area contributed by atoms with Gasteiger partial charge in [0.05, 0.1) is 6.04 Å². The summed E-state index contributed by atoms with van der Waals surface area (Å²) < 4.78 is 0. The Bertz CT molecular complexity index is 664. The molecule has 26 heavy (non-hydrogen) atoms. The van der Waals surface area contributed by atoms with E-state index in [1.807, 2.05) is 37.2 Å². The molecule has 3 nitrogen and oxygen atoms in total. The predicted molar refractivity (Wildman–Crippen MR) is 110 cm³/mol. The fourth-order valence-corrected chi connectivity index (χ4v) is 3.12. The van der Waals surface area contributed by atoms with Crippen LogP contribution in [-0.2, 0) is 11.3 Å². The average molecular weight is 353 g/mol. The van der Waals surface area contributed by atoms with Crippen LogP contribution in [0.25, 0.3) is 0 Å². The molecule has 2 aromatic rings. The van der Waals surface area contributed by atoms with E-state index < -0.39 is 0 Å². The molecule has 2 rings (SSSR count). The van der Waals surface area contributed by atoms with Crippen LogP contribution in [0.3, 0.4) is 0 Å². The summed E-state index contributed by atoms with van der Waals surface area (Å²) in [4.78, 5) is 17.0. The van der Waals surface area contributed by atoms with Gasteiger partial charge in [-0.05, 0) is 36.6 Å². The molecule has 0 fully saturated rings. The van der Waals surface area contributed by atoms with Crippen molar-refractivity contribution in [2.24, 2.45) is 0 Å². The van der Waals surface area contributed by atoms with Gasteiger partial charge >= 0.3 is 0 Å². The van der Waals surface area contributed by atoms with Gasteiger partial charge in [0.2, 0.25) is 5.91 Å². The predicted octanol–water partition coefficient (Wildman–Crippen LogP) is 5.42. The molecular formula is C23H32N2O. The van der Waals surface area contributed by atoms with E-state index in [1.54, 1.807) is 0 Å². The molecule has 0 saturated heterocycles. The molecule has 1 amide bonds. The van der Waals surface area contributed by atoms with Crippen molar-refractivity contribution in [2.75, 3.05) is 19.0 Å². The normalized spacial score (nSPS) is 11.8. The fraction of sp³-hybridized carbons (Fsp3) is 0.435. The standard InChI is InChI=1S/C23H32N2O/c1-5-6-8-13-23(26)25(19(2)21-11-9-7-10-12-21)18-20-14-16-22(17-15-20)24(3)4/h7,9-12,14-17,19H,5-6,8,13,18H2,1-4H3. The molecule has 3 heteroatoms. The van der Waals surface area contributed by atoms with Gasteiger partial charge in [-0.3, -0.25) is 4.79 Å². The van der Waals surface area contributed by atoms with E-state index in [9.17, 15) is 4.79 Å². The zero-order valence-electron chi connectivity index (χ0n) is 16.6. The van der Waals surface area contributed by atoms with E-state index >= 15 is 0 Å². The van der Waals surface area contributed by atoms with E-state index in [0.717, 1.165) is 19.3 Å². The molecule has 0 spiro atoms. The number of anilines is 1. The molecule has 0 bridgehead atoms. The summed E-state index contributed by atoms with van der Waals surface area (Å²) in [5.74, 6) is 0.242. The average Bonchev–Trinajstić information content (AvgIpc) is 2.66. The minimum Gasteiger partial charge on any atom is -0.378 e. The first-order valence-electron chi connectivity index (χ1n) is 9.63. The Hall–Kier alpha value is -2.29. The van der Waals surface area contributed by atoms with Gasteiger partial charge in [-0.1, -0.05) is 62.2 Å². The Balaban J connectivity index is 2.17. The minimum absolute atomic E-state index is 0.0684. The molecule has 0 aliphatic rings. The highest BCUT2D eigenvalue weighted by Gasteiger charge is 2.21. The number of nitrogens with zero attached hydrogens (tertiary/aromatic N) is 2. The van der Waals surface area contributed by atoms with Crippen molar-refractivity contribution in [3.05, 3.63) is 65.7 Å². The zero-order valence-corrected chi connectivity index (χ0v) is 16.6. The van der Waals surface area contributed by atoms with Crippen LogP contribution in [0.5, 0.6) is 0 Å². The zero-order chi connectivity index (χ0) is 18.9. The van der Waals surface area contributed by atoms with Crippen molar-refractivity contribution in [2.45, 2.75) is 52.1 Å². The lowest BCUT2D eigenvalue weighted by Gasteiger charge is -2.30. The molecule has 0 aliphatic carbocycles. The Morgan fingerprint density at radius 1 is 0.962 bits per heavy atom. The van der Waals surface area contributed by atoms with Crippen LogP contribution in [0.1, 0.15) is 56.7 Å². The molecule has 1 unspecified atom stereocenters. The number of carbonyl (C=O) groups excluding carboxylic acids is 1. The first-order chi connectivity index (χ1) is 12.5. The number of benzene rings is 2. The maximum Gasteiger partial charge on any atom is 0.223 e. The Kier molecular flexibility index (Phi) is 7.71. The number of hydrogen-bond acceptors (Lipinski definition) is 2. The second-order valence-corrected chi connectivity index (χ2v) is 7.13. The Labute approximate surface area is 158 Å². The van der Waals surface area contributed by atoms with Crippen molar-refractivity contribution >= 4 is 11.6 Å². The first kappa shape index (κ1) is 20.0. The summed E-state index contributed by atoms with van der Waals surface area (Å²) >= 11 is 0. The lowest BCUT2D eigenvalue weighted by molar-refractivity contribution is -0.134. The molecule has 0 saturated carbocycles. The van der Waals surface area contributed by atoms with E-state index in [0.29, 0.717) is 13.0 Å². The number of hydrogen-bond donors (Lipinski definition) is 0. The Morgan fingerprint density at radius 3 is 2.19 bits per heavy atom. The fourth-order valence-electron chi connectivity index (χ4n) is 3.12. The lowest BCUT2D eigenvalue weighted by Crippen LogP contribution is -2.33. The highest BCUT2D eigenvalue weighted by atomic mass is 16.2. The molecule has 0 N–H and O–H groups in total.